The van der Waals surface area contributed by atoms with E-state index in [-0.39, 0.29) is 17.3 Å². The van der Waals surface area contributed by atoms with Crippen molar-refractivity contribution >= 4 is 40.5 Å². The van der Waals surface area contributed by atoms with Gasteiger partial charge in [0.05, 0.1) is 12.1 Å². The molecule has 0 aliphatic heterocycles. The zero-order valence-corrected chi connectivity index (χ0v) is 11.2. The molecular formula is C12H9ClN2O3S. The van der Waals surface area contributed by atoms with E-state index in [1.807, 2.05) is 0 Å². The van der Waals surface area contributed by atoms with Gasteiger partial charge in [0.25, 0.3) is 0 Å². The standard InChI is InChI=1S/C12H9ClN2O3S/c13-7-2-1-3-8(4-7)14-10(16)5-9-6-19-11(15-9)12(17)18/h1-4,6H,5H2,(H,14,16)(H,17,18). The van der Waals surface area contributed by atoms with Crippen molar-refractivity contribution in [3.05, 3.63) is 45.4 Å². The van der Waals surface area contributed by atoms with Gasteiger partial charge >= 0.3 is 5.97 Å². The highest BCUT2D eigenvalue weighted by atomic mass is 35.5. The van der Waals surface area contributed by atoms with Gasteiger partial charge in [0.15, 0.2) is 0 Å². The third-order valence-electron chi connectivity index (χ3n) is 2.18. The van der Waals surface area contributed by atoms with Crippen LogP contribution in [0.5, 0.6) is 0 Å². The van der Waals surface area contributed by atoms with Gasteiger partial charge in [-0.3, -0.25) is 4.79 Å². The molecule has 0 aliphatic rings. The Labute approximate surface area is 117 Å². The van der Waals surface area contributed by atoms with Crippen molar-refractivity contribution in [1.82, 2.24) is 4.98 Å². The Kier molecular flexibility index (Phi) is 4.13. The molecule has 0 atom stereocenters. The fourth-order valence-electron chi connectivity index (χ4n) is 1.42. The highest BCUT2D eigenvalue weighted by Crippen LogP contribution is 2.16. The van der Waals surface area contributed by atoms with Crippen molar-refractivity contribution in [3.63, 3.8) is 0 Å². The summed E-state index contributed by atoms with van der Waals surface area (Å²) < 4.78 is 0. The number of benzene rings is 1. The van der Waals surface area contributed by atoms with Gasteiger partial charge in [0.1, 0.15) is 0 Å². The maximum Gasteiger partial charge on any atom is 0.365 e. The van der Waals surface area contributed by atoms with E-state index in [4.69, 9.17) is 16.7 Å². The Balaban J connectivity index is 1.99. The number of hydrogen-bond donors (Lipinski definition) is 2. The first-order chi connectivity index (χ1) is 9.04. The number of rotatable bonds is 4. The molecule has 5 nitrogen and oxygen atoms in total. The van der Waals surface area contributed by atoms with Crippen molar-refractivity contribution in [2.45, 2.75) is 6.42 Å². The molecule has 0 saturated carbocycles. The Morgan fingerprint density at radius 1 is 1.42 bits per heavy atom. The van der Waals surface area contributed by atoms with E-state index >= 15 is 0 Å². The maximum atomic E-state index is 11.7. The van der Waals surface area contributed by atoms with Crippen LogP contribution in [0.1, 0.15) is 15.5 Å². The van der Waals surface area contributed by atoms with Crippen LogP contribution in [0, 0.1) is 0 Å². The molecule has 1 aromatic heterocycles. The van der Waals surface area contributed by atoms with E-state index < -0.39 is 5.97 Å². The molecule has 2 N–H and O–H groups in total. The van der Waals surface area contributed by atoms with Crippen LogP contribution in [0.25, 0.3) is 0 Å². The molecule has 0 aliphatic carbocycles. The van der Waals surface area contributed by atoms with E-state index in [0.29, 0.717) is 16.4 Å². The number of carbonyl (C=O) groups is 2. The number of nitrogens with one attached hydrogen (secondary N) is 1. The van der Waals surface area contributed by atoms with Gasteiger partial charge in [0.2, 0.25) is 10.9 Å². The van der Waals surface area contributed by atoms with Gasteiger partial charge in [-0.25, -0.2) is 9.78 Å². The summed E-state index contributed by atoms with van der Waals surface area (Å²) in [5.41, 5.74) is 1.02. The first-order valence-corrected chi connectivity index (χ1v) is 6.53. The predicted octanol–water partition coefficient (Wildman–Crippen LogP) is 2.68. The Morgan fingerprint density at radius 3 is 2.84 bits per heavy atom. The van der Waals surface area contributed by atoms with E-state index in [1.165, 1.54) is 0 Å². The lowest BCUT2D eigenvalue weighted by molar-refractivity contribution is -0.115. The number of amides is 1. The van der Waals surface area contributed by atoms with Gasteiger partial charge in [-0.1, -0.05) is 17.7 Å². The lowest BCUT2D eigenvalue weighted by Crippen LogP contribution is -2.14. The van der Waals surface area contributed by atoms with Gasteiger partial charge in [-0.05, 0) is 18.2 Å². The number of carboxylic acids is 1. The van der Waals surface area contributed by atoms with E-state index in [1.54, 1.807) is 29.6 Å². The third-order valence-corrected chi connectivity index (χ3v) is 3.30. The van der Waals surface area contributed by atoms with E-state index in [2.05, 4.69) is 10.3 Å². The molecule has 1 aromatic carbocycles. The van der Waals surface area contributed by atoms with Crippen LogP contribution in [0.4, 0.5) is 5.69 Å². The first-order valence-electron chi connectivity index (χ1n) is 5.28. The summed E-state index contributed by atoms with van der Waals surface area (Å²) in [6.45, 7) is 0. The van der Waals surface area contributed by atoms with Crippen LogP contribution in [-0.2, 0) is 11.2 Å². The number of carboxylic acid groups (broad SMARTS) is 1. The van der Waals surface area contributed by atoms with Crippen LogP contribution < -0.4 is 5.32 Å². The first kappa shape index (κ1) is 13.5. The smallest absolute Gasteiger partial charge is 0.365 e. The van der Waals surface area contributed by atoms with Gasteiger partial charge in [-0.15, -0.1) is 11.3 Å². The molecule has 19 heavy (non-hydrogen) atoms. The molecular weight excluding hydrogens is 288 g/mol. The fourth-order valence-corrected chi connectivity index (χ4v) is 2.27. The van der Waals surface area contributed by atoms with Crippen LogP contribution in [-0.4, -0.2) is 22.0 Å². The third kappa shape index (κ3) is 3.77. The largest absolute Gasteiger partial charge is 0.476 e. The Hall–Kier alpha value is -1.92. The number of halogens is 1. The second-order valence-electron chi connectivity index (χ2n) is 3.68. The lowest BCUT2D eigenvalue weighted by atomic mass is 10.3. The molecule has 2 aromatic rings. The second kappa shape index (κ2) is 5.81. The average molecular weight is 297 g/mol. The van der Waals surface area contributed by atoms with Crippen molar-refractivity contribution in [3.8, 4) is 0 Å². The quantitative estimate of drug-likeness (QED) is 0.909. The number of carbonyl (C=O) groups excluding carboxylic acids is 1. The summed E-state index contributed by atoms with van der Waals surface area (Å²) in [6.07, 6.45) is 0.0241. The molecule has 0 radical (unpaired) electrons. The fraction of sp³-hybridized carbons (Fsp3) is 0.0833. The minimum absolute atomic E-state index is 0.0226. The highest BCUT2D eigenvalue weighted by molar-refractivity contribution is 7.11. The molecule has 98 valence electrons. The number of thiazole rings is 1. The van der Waals surface area contributed by atoms with Gasteiger partial charge < -0.3 is 10.4 Å². The second-order valence-corrected chi connectivity index (χ2v) is 4.98. The number of nitrogens with zero attached hydrogens (tertiary/aromatic N) is 1. The molecule has 1 amide bonds. The minimum atomic E-state index is -1.09. The maximum absolute atomic E-state index is 11.7. The molecule has 0 fully saturated rings. The summed E-state index contributed by atoms with van der Waals surface area (Å²) in [6, 6.07) is 6.77. The lowest BCUT2D eigenvalue weighted by Gasteiger charge is -2.03. The molecule has 2 rings (SSSR count). The number of aromatic carboxylic acids is 1. The zero-order chi connectivity index (χ0) is 13.8. The normalized spacial score (nSPS) is 10.2. The summed E-state index contributed by atoms with van der Waals surface area (Å²) in [4.78, 5) is 26.2. The number of aromatic nitrogens is 1. The zero-order valence-electron chi connectivity index (χ0n) is 9.59. The average Bonchev–Trinajstić information content (AvgIpc) is 2.77. The Bertz CT molecular complexity index is 627. The summed E-state index contributed by atoms with van der Waals surface area (Å²) in [5.74, 6) is -1.36. The monoisotopic (exact) mass is 296 g/mol. The van der Waals surface area contributed by atoms with E-state index in [0.717, 1.165) is 11.3 Å². The van der Waals surface area contributed by atoms with Crippen LogP contribution in [0.3, 0.4) is 0 Å². The topological polar surface area (TPSA) is 79.3 Å². The molecule has 0 bridgehead atoms. The van der Waals surface area contributed by atoms with Crippen molar-refractivity contribution < 1.29 is 14.7 Å². The number of anilines is 1. The van der Waals surface area contributed by atoms with E-state index in [9.17, 15) is 9.59 Å². The minimum Gasteiger partial charge on any atom is -0.476 e. The molecule has 0 saturated heterocycles. The van der Waals surface area contributed by atoms with Crippen LogP contribution >= 0.6 is 22.9 Å². The summed E-state index contributed by atoms with van der Waals surface area (Å²) >= 11 is 6.80. The number of hydrogen-bond acceptors (Lipinski definition) is 4. The van der Waals surface area contributed by atoms with Crippen LogP contribution in [0.15, 0.2) is 29.6 Å². The molecule has 1 heterocycles. The summed E-state index contributed by atoms with van der Waals surface area (Å²) in [5, 5.41) is 13.5. The highest BCUT2D eigenvalue weighted by Gasteiger charge is 2.12. The SMILES string of the molecule is O=C(Cc1csc(C(=O)O)n1)Nc1cccc(Cl)c1. The van der Waals surface area contributed by atoms with Gasteiger partial charge in [-0.2, -0.15) is 0 Å². The summed E-state index contributed by atoms with van der Waals surface area (Å²) in [7, 11) is 0. The van der Waals surface area contributed by atoms with Crippen molar-refractivity contribution in [1.29, 1.82) is 0 Å². The molecule has 0 unspecified atom stereocenters. The van der Waals surface area contributed by atoms with Gasteiger partial charge in [0, 0.05) is 16.1 Å². The Morgan fingerprint density at radius 2 is 2.21 bits per heavy atom. The van der Waals surface area contributed by atoms with Crippen molar-refractivity contribution in [2.24, 2.45) is 0 Å². The molecule has 7 heteroatoms. The molecule has 0 spiro atoms. The van der Waals surface area contributed by atoms with Crippen molar-refractivity contribution in [2.75, 3.05) is 5.32 Å². The van der Waals surface area contributed by atoms with Crippen LogP contribution in [0.2, 0.25) is 5.02 Å². The predicted molar refractivity (Wildman–Crippen MR) is 72.9 cm³/mol.